The van der Waals surface area contributed by atoms with Gasteiger partial charge in [-0.05, 0) is 30.3 Å². The number of pyridine rings is 1. The summed E-state index contributed by atoms with van der Waals surface area (Å²) >= 11 is 0. The lowest BCUT2D eigenvalue weighted by Crippen LogP contribution is -2.20. The number of aromatic carboxylic acids is 1. The first-order valence-electron chi connectivity index (χ1n) is 6.57. The smallest absolute Gasteiger partial charge is 0.341 e. The molecule has 0 aliphatic heterocycles. The van der Waals surface area contributed by atoms with Gasteiger partial charge in [0, 0.05) is 11.9 Å². The molecule has 5 nitrogen and oxygen atoms in total. The van der Waals surface area contributed by atoms with E-state index in [0.717, 1.165) is 10.8 Å². The molecule has 0 amide bonds. The molecule has 3 aromatic rings. The van der Waals surface area contributed by atoms with Gasteiger partial charge < -0.3 is 14.8 Å². The fraction of sp³-hybridized carbons (Fsp3) is 0. The van der Waals surface area contributed by atoms with E-state index in [9.17, 15) is 27.9 Å². The third-order valence-corrected chi connectivity index (χ3v) is 3.48. The average Bonchev–Trinajstić information content (AvgIpc) is 2.54. The summed E-state index contributed by atoms with van der Waals surface area (Å²) in [7, 11) is 0. The van der Waals surface area contributed by atoms with E-state index >= 15 is 0 Å². The molecule has 1 aromatic heterocycles. The third kappa shape index (κ3) is 2.28. The van der Waals surface area contributed by atoms with E-state index in [1.807, 2.05) is 0 Å². The van der Waals surface area contributed by atoms with Crippen LogP contribution in [0.1, 0.15) is 10.4 Å². The molecule has 3 rings (SSSR count). The van der Waals surface area contributed by atoms with Gasteiger partial charge in [-0.25, -0.2) is 18.0 Å². The molecule has 2 aromatic carbocycles. The predicted molar refractivity (Wildman–Crippen MR) is 78.0 cm³/mol. The molecule has 0 bridgehead atoms. The Kier molecular flexibility index (Phi) is 3.52. The fourth-order valence-corrected chi connectivity index (χ4v) is 2.36. The molecular weight excluding hydrogens is 327 g/mol. The SMILES string of the molecule is O=C(O)c1cn(-c2ccc(O)cc2)c2c(F)c(F)c(F)cc2c1=O. The summed E-state index contributed by atoms with van der Waals surface area (Å²) in [6, 6.07) is 5.52. The Labute approximate surface area is 131 Å². The molecule has 1 heterocycles. The Morgan fingerprint density at radius 1 is 1.04 bits per heavy atom. The van der Waals surface area contributed by atoms with Crippen molar-refractivity contribution >= 4 is 16.9 Å². The highest BCUT2D eigenvalue weighted by molar-refractivity contribution is 5.93. The predicted octanol–water partition coefficient (Wildman–Crippen LogP) is 2.81. The van der Waals surface area contributed by atoms with Gasteiger partial charge >= 0.3 is 5.97 Å². The van der Waals surface area contributed by atoms with Crippen LogP contribution in [0.15, 0.2) is 41.3 Å². The molecule has 0 radical (unpaired) electrons. The highest BCUT2D eigenvalue weighted by atomic mass is 19.2. The van der Waals surface area contributed by atoms with E-state index in [4.69, 9.17) is 5.11 Å². The number of fused-ring (bicyclic) bond motifs is 1. The number of aromatic nitrogens is 1. The Morgan fingerprint density at radius 3 is 2.25 bits per heavy atom. The zero-order valence-electron chi connectivity index (χ0n) is 11.8. The molecule has 0 aliphatic carbocycles. The van der Waals surface area contributed by atoms with E-state index in [2.05, 4.69) is 0 Å². The summed E-state index contributed by atoms with van der Waals surface area (Å²) in [4.78, 5) is 23.4. The van der Waals surface area contributed by atoms with E-state index in [-0.39, 0.29) is 11.4 Å². The van der Waals surface area contributed by atoms with Crippen molar-refractivity contribution in [3.05, 3.63) is 69.8 Å². The number of phenolic OH excluding ortho intramolecular Hbond substituents is 1. The van der Waals surface area contributed by atoms with Crippen molar-refractivity contribution in [2.45, 2.75) is 0 Å². The van der Waals surface area contributed by atoms with Crippen LogP contribution >= 0.6 is 0 Å². The summed E-state index contributed by atoms with van der Waals surface area (Å²) in [6.45, 7) is 0. The standard InChI is InChI=1S/C16H8F3NO4/c17-11-5-9-14(13(19)12(11)18)20(6-10(15(9)22)16(23)24)7-1-3-8(21)4-2-7/h1-6,21H,(H,23,24). The minimum Gasteiger partial charge on any atom is -0.508 e. The number of nitrogens with zero attached hydrogens (tertiary/aromatic N) is 1. The number of carboxylic acid groups (broad SMARTS) is 1. The van der Waals surface area contributed by atoms with Crippen LogP contribution in [0.2, 0.25) is 0 Å². The van der Waals surface area contributed by atoms with Crippen LogP contribution < -0.4 is 5.43 Å². The van der Waals surface area contributed by atoms with Crippen molar-refractivity contribution in [1.82, 2.24) is 4.57 Å². The van der Waals surface area contributed by atoms with E-state index < -0.39 is 45.3 Å². The number of hydrogen-bond donors (Lipinski definition) is 2. The molecule has 0 fully saturated rings. The van der Waals surface area contributed by atoms with Gasteiger partial charge in [0.25, 0.3) is 0 Å². The first-order chi connectivity index (χ1) is 11.3. The molecule has 0 unspecified atom stereocenters. The van der Waals surface area contributed by atoms with Crippen molar-refractivity contribution in [3.63, 3.8) is 0 Å². The third-order valence-electron chi connectivity index (χ3n) is 3.48. The molecule has 0 aliphatic rings. The molecule has 24 heavy (non-hydrogen) atoms. The molecule has 0 saturated carbocycles. The van der Waals surface area contributed by atoms with E-state index in [1.165, 1.54) is 24.3 Å². The maximum absolute atomic E-state index is 14.2. The highest BCUT2D eigenvalue weighted by Crippen LogP contribution is 2.25. The Balaban J connectivity index is 2.53. The van der Waals surface area contributed by atoms with Crippen molar-refractivity contribution < 1.29 is 28.2 Å². The second kappa shape index (κ2) is 5.41. The Morgan fingerprint density at radius 2 is 1.67 bits per heavy atom. The van der Waals surface area contributed by atoms with Gasteiger partial charge in [0.15, 0.2) is 17.5 Å². The number of phenols is 1. The summed E-state index contributed by atoms with van der Waals surface area (Å²) in [6.07, 6.45) is 0.819. The maximum atomic E-state index is 14.2. The van der Waals surface area contributed by atoms with Gasteiger partial charge in [0.2, 0.25) is 5.43 Å². The molecule has 2 N–H and O–H groups in total. The van der Waals surface area contributed by atoms with Gasteiger partial charge in [-0.3, -0.25) is 4.79 Å². The first kappa shape index (κ1) is 15.6. The molecule has 0 saturated heterocycles. The van der Waals surface area contributed by atoms with Gasteiger partial charge in [-0.2, -0.15) is 0 Å². The highest BCUT2D eigenvalue weighted by Gasteiger charge is 2.22. The lowest BCUT2D eigenvalue weighted by molar-refractivity contribution is 0.0695. The largest absolute Gasteiger partial charge is 0.508 e. The molecule has 0 spiro atoms. The first-order valence-corrected chi connectivity index (χ1v) is 6.57. The topological polar surface area (TPSA) is 79.5 Å². The van der Waals surface area contributed by atoms with Gasteiger partial charge in [-0.1, -0.05) is 0 Å². The van der Waals surface area contributed by atoms with Gasteiger partial charge in [0.05, 0.1) is 10.9 Å². The zero-order valence-corrected chi connectivity index (χ0v) is 11.8. The molecule has 0 atom stereocenters. The van der Waals surface area contributed by atoms with Crippen molar-refractivity contribution in [3.8, 4) is 11.4 Å². The van der Waals surface area contributed by atoms with Crippen molar-refractivity contribution in [2.75, 3.05) is 0 Å². The van der Waals surface area contributed by atoms with Gasteiger partial charge in [0.1, 0.15) is 11.3 Å². The Bertz CT molecular complexity index is 1040. The number of carboxylic acids is 1. The van der Waals surface area contributed by atoms with Crippen LogP contribution in [0.3, 0.4) is 0 Å². The number of aromatic hydroxyl groups is 1. The van der Waals surface area contributed by atoms with E-state index in [1.54, 1.807) is 0 Å². The van der Waals surface area contributed by atoms with Crippen LogP contribution in [0, 0.1) is 17.5 Å². The second-order valence-corrected chi connectivity index (χ2v) is 4.95. The Hall–Kier alpha value is -3.29. The molecule has 122 valence electrons. The molecule has 8 heteroatoms. The monoisotopic (exact) mass is 335 g/mol. The fourth-order valence-electron chi connectivity index (χ4n) is 2.36. The average molecular weight is 335 g/mol. The number of halogens is 3. The van der Waals surface area contributed by atoms with Crippen molar-refractivity contribution in [1.29, 1.82) is 0 Å². The van der Waals surface area contributed by atoms with Crippen LogP contribution in [0.25, 0.3) is 16.6 Å². The van der Waals surface area contributed by atoms with Gasteiger partial charge in [-0.15, -0.1) is 0 Å². The number of carbonyl (C=O) groups is 1. The lowest BCUT2D eigenvalue weighted by atomic mass is 10.1. The summed E-state index contributed by atoms with van der Waals surface area (Å²) in [5.74, 6) is -6.71. The summed E-state index contributed by atoms with van der Waals surface area (Å²) in [5, 5.41) is 17.8. The van der Waals surface area contributed by atoms with Crippen LogP contribution in [0.4, 0.5) is 13.2 Å². The van der Waals surface area contributed by atoms with Crippen molar-refractivity contribution in [2.24, 2.45) is 0 Å². The number of hydrogen-bond acceptors (Lipinski definition) is 3. The normalized spacial score (nSPS) is 11.0. The molecular formula is C16H8F3NO4. The number of rotatable bonds is 2. The minimum absolute atomic E-state index is 0.111. The van der Waals surface area contributed by atoms with Crippen LogP contribution in [-0.2, 0) is 0 Å². The second-order valence-electron chi connectivity index (χ2n) is 4.95. The maximum Gasteiger partial charge on any atom is 0.341 e. The minimum atomic E-state index is -1.78. The lowest BCUT2D eigenvalue weighted by Gasteiger charge is -2.14. The summed E-state index contributed by atoms with van der Waals surface area (Å²) < 4.78 is 42.2. The zero-order chi connectivity index (χ0) is 17.6. The van der Waals surface area contributed by atoms with Crippen LogP contribution in [-0.4, -0.2) is 20.7 Å². The van der Waals surface area contributed by atoms with Crippen LogP contribution in [0.5, 0.6) is 5.75 Å². The summed E-state index contributed by atoms with van der Waals surface area (Å²) in [5.41, 5.74) is -2.33. The number of benzene rings is 2. The van der Waals surface area contributed by atoms with E-state index in [0.29, 0.717) is 6.07 Å². The quantitative estimate of drug-likeness (QED) is 0.706.